The summed E-state index contributed by atoms with van der Waals surface area (Å²) >= 11 is 0. The van der Waals surface area contributed by atoms with Crippen molar-refractivity contribution in [1.82, 2.24) is 0 Å². The molecule has 0 saturated heterocycles. The number of carbonyl (C=O) groups is 2. The minimum atomic E-state index is -3.71. The summed E-state index contributed by atoms with van der Waals surface area (Å²) in [6.07, 6.45) is 0. The molecule has 0 spiro atoms. The zero-order valence-corrected chi connectivity index (χ0v) is 15.1. The van der Waals surface area contributed by atoms with Crippen LogP contribution in [0.25, 0.3) is 0 Å². The number of hydrogen-bond donors (Lipinski definition) is 0. The van der Waals surface area contributed by atoms with Crippen LogP contribution in [0.4, 0.5) is 0 Å². The topological polar surface area (TPSA) is 96.0 Å². The van der Waals surface area contributed by atoms with E-state index >= 15 is 0 Å². The first-order valence-electron chi connectivity index (χ1n) is 7.60. The molecule has 0 atom stereocenters. The highest BCUT2D eigenvalue weighted by molar-refractivity contribution is 7.91. The Morgan fingerprint density at radius 3 is 1.62 bits per heavy atom. The van der Waals surface area contributed by atoms with Crippen LogP contribution in [-0.4, -0.2) is 40.5 Å². The van der Waals surface area contributed by atoms with E-state index in [1.54, 1.807) is 0 Å². The summed E-state index contributed by atoms with van der Waals surface area (Å²) in [5.74, 6) is 0.0954. The van der Waals surface area contributed by atoms with E-state index in [1.807, 2.05) is 0 Å². The largest absolute Gasteiger partial charge is 0.486 e. The minimum absolute atomic E-state index is 0.0703. The van der Waals surface area contributed by atoms with Crippen molar-refractivity contribution >= 4 is 21.6 Å². The van der Waals surface area contributed by atoms with Gasteiger partial charge in [-0.25, -0.2) is 13.2 Å². The number of ether oxygens (including phenoxy) is 3. The molecule has 138 valence electrons. The number of hydrogen-bond acceptors (Lipinski definition) is 7. The van der Waals surface area contributed by atoms with Crippen LogP contribution in [0.1, 0.15) is 6.92 Å². The first kappa shape index (κ1) is 19.5. The summed E-state index contributed by atoms with van der Waals surface area (Å²) in [6.45, 7) is 1.07. The van der Waals surface area contributed by atoms with E-state index < -0.39 is 15.8 Å². The molecule has 7 nitrogen and oxygen atoms in total. The van der Waals surface area contributed by atoms with E-state index in [2.05, 4.69) is 4.74 Å². The van der Waals surface area contributed by atoms with E-state index in [1.165, 1.54) is 62.6 Å². The van der Waals surface area contributed by atoms with Crippen LogP contribution >= 0.6 is 0 Å². The van der Waals surface area contributed by atoms with E-state index in [0.717, 1.165) is 0 Å². The lowest BCUT2D eigenvalue weighted by atomic mass is 10.3. The van der Waals surface area contributed by atoms with E-state index in [0.29, 0.717) is 11.5 Å². The Morgan fingerprint density at radius 1 is 0.808 bits per heavy atom. The average Bonchev–Trinajstić information content (AvgIpc) is 2.65. The van der Waals surface area contributed by atoms with Gasteiger partial charge >= 0.3 is 5.97 Å². The Morgan fingerprint density at radius 2 is 1.23 bits per heavy atom. The molecule has 0 aliphatic carbocycles. The molecule has 2 aromatic rings. The minimum Gasteiger partial charge on any atom is -0.486 e. The quantitative estimate of drug-likeness (QED) is 0.649. The lowest BCUT2D eigenvalue weighted by molar-refractivity contribution is -0.142. The molecule has 0 bridgehead atoms. The van der Waals surface area contributed by atoms with Crippen molar-refractivity contribution in [2.24, 2.45) is 0 Å². The Balaban J connectivity index is 2.11. The van der Waals surface area contributed by atoms with Crippen molar-refractivity contribution in [1.29, 1.82) is 0 Å². The molecule has 2 aromatic carbocycles. The second-order valence-corrected chi connectivity index (χ2v) is 7.25. The number of Topliss-reactive ketones (excluding diaryl/α,β-unsaturated/α-hetero) is 1. The van der Waals surface area contributed by atoms with Gasteiger partial charge in [-0.2, -0.15) is 0 Å². The average molecular weight is 378 g/mol. The summed E-state index contributed by atoms with van der Waals surface area (Å²) < 4.78 is 40.1. The molecule has 2 rings (SSSR count). The number of benzene rings is 2. The van der Waals surface area contributed by atoms with Gasteiger partial charge in [0.15, 0.2) is 12.4 Å². The van der Waals surface area contributed by atoms with Gasteiger partial charge in [-0.15, -0.1) is 0 Å². The third-order valence-electron chi connectivity index (χ3n) is 3.29. The lowest BCUT2D eigenvalue weighted by Crippen LogP contribution is -2.12. The molecule has 0 amide bonds. The second kappa shape index (κ2) is 8.48. The Hall–Kier alpha value is -2.87. The van der Waals surface area contributed by atoms with Crippen molar-refractivity contribution in [2.45, 2.75) is 16.7 Å². The van der Waals surface area contributed by atoms with Crippen LogP contribution in [-0.2, 0) is 24.2 Å². The third-order valence-corrected chi connectivity index (χ3v) is 5.08. The number of rotatable bonds is 8. The number of sulfone groups is 1. The van der Waals surface area contributed by atoms with Crippen LogP contribution in [0.3, 0.4) is 0 Å². The predicted molar refractivity (Wildman–Crippen MR) is 92.0 cm³/mol. The highest BCUT2D eigenvalue weighted by Crippen LogP contribution is 2.25. The zero-order chi connectivity index (χ0) is 19.2. The van der Waals surface area contributed by atoms with E-state index in [-0.39, 0.29) is 28.8 Å². The van der Waals surface area contributed by atoms with Gasteiger partial charge in [0.1, 0.15) is 18.1 Å². The van der Waals surface area contributed by atoms with Gasteiger partial charge in [-0.1, -0.05) is 0 Å². The van der Waals surface area contributed by atoms with Crippen molar-refractivity contribution in [3.8, 4) is 11.5 Å². The van der Waals surface area contributed by atoms with Crippen molar-refractivity contribution in [3.63, 3.8) is 0 Å². The van der Waals surface area contributed by atoms with Gasteiger partial charge in [0.25, 0.3) is 0 Å². The van der Waals surface area contributed by atoms with Gasteiger partial charge in [0.2, 0.25) is 9.84 Å². The molecule has 0 aromatic heterocycles. The maximum Gasteiger partial charge on any atom is 0.343 e. The fraction of sp³-hybridized carbons (Fsp3) is 0.222. The predicted octanol–water partition coefficient (Wildman–Crippen LogP) is 2.04. The van der Waals surface area contributed by atoms with Gasteiger partial charge in [-0.05, 0) is 55.5 Å². The fourth-order valence-corrected chi connectivity index (χ4v) is 3.21. The molecule has 0 unspecified atom stereocenters. The van der Waals surface area contributed by atoms with E-state index in [9.17, 15) is 18.0 Å². The summed E-state index contributed by atoms with van der Waals surface area (Å²) in [5, 5.41) is 0. The van der Waals surface area contributed by atoms with Crippen molar-refractivity contribution in [3.05, 3.63) is 48.5 Å². The summed E-state index contributed by atoms with van der Waals surface area (Å²) in [4.78, 5) is 22.1. The van der Waals surface area contributed by atoms with E-state index in [4.69, 9.17) is 9.47 Å². The van der Waals surface area contributed by atoms with Crippen molar-refractivity contribution in [2.75, 3.05) is 20.3 Å². The summed E-state index contributed by atoms with van der Waals surface area (Å²) in [5.41, 5.74) is 0. The first-order chi connectivity index (χ1) is 12.3. The highest BCUT2D eigenvalue weighted by Gasteiger charge is 2.18. The Bertz CT molecular complexity index is 869. The van der Waals surface area contributed by atoms with Crippen LogP contribution in [0.15, 0.2) is 58.3 Å². The number of methoxy groups -OCH3 is 1. The number of carbonyl (C=O) groups excluding carboxylic acids is 2. The summed E-state index contributed by atoms with van der Waals surface area (Å²) in [7, 11) is -2.46. The van der Waals surface area contributed by atoms with Crippen molar-refractivity contribution < 1.29 is 32.2 Å². The number of ketones is 1. The molecule has 0 aliphatic heterocycles. The van der Waals surface area contributed by atoms with Crippen LogP contribution in [0.5, 0.6) is 11.5 Å². The Kier molecular flexibility index (Phi) is 6.35. The van der Waals surface area contributed by atoms with Gasteiger partial charge in [0.05, 0.1) is 16.9 Å². The molecule has 26 heavy (non-hydrogen) atoms. The van der Waals surface area contributed by atoms with Gasteiger partial charge in [-0.3, -0.25) is 4.79 Å². The van der Waals surface area contributed by atoms with Crippen LogP contribution in [0, 0.1) is 0 Å². The monoisotopic (exact) mass is 378 g/mol. The molecular weight excluding hydrogens is 360 g/mol. The van der Waals surface area contributed by atoms with Gasteiger partial charge in [0, 0.05) is 0 Å². The normalized spacial score (nSPS) is 10.8. The molecule has 0 aliphatic rings. The van der Waals surface area contributed by atoms with Gasteiger partial charge < -0.3 is 14.2 Å². The smallest absolute Gasteiger partial charge is 0.343 e. The molecule has 0 saturated carbocycles. The maximum atomic E-state index is 12.6. The fourth-order valence-electron chi connectivity index (χ4n) is 1.95. The maximum absolute atomic E-state index is 12.6. The zero-order valence-electron chi connectivity index (χ0n) is 14.3. The molecule has 0 radical (unpaired) electrons. The standard InChI is InChI=1S/C18H18O7S/c1-13(19)11-24-14-3-7-16(8-4-14)26(21,22)17-9-5-15(6-10-17)25-12-18(20)23-2/h3-10H,11-12H2,1-2H3. The molecular formula is C18H18O7S. The molecule has 0 N–H and O–H groups in total. The summed E-state index contributed by atoms with van der Waals surface area (Å²) in [6, 6.07) is 11.5. The third kappa shape index (κ3) is 5.06. The molecule has 0 fully saturated rings. The number of esters is 1. The first-order valence-corrected chi connectivity index (χ1v) is 9.08. The molecule has 0 heterocycles. The van der Waals surface area contributed by atoms with Crippen LogP contribution < -0.4 is 9.47 Å². The highest BCUT2D eigenvalue weighted by atomic mass is 32.2. The van der Waals surface area contributed by atoms with Crippen LogP contribution in [0.2, 0.25) is 0 Å². The lowest BCUT2D eigenvalue weighted by Gasteiger charge is -2.08. The second-order valence-electron chi connectivity index (χ2n) is 5.30. The molecule has 8 heteroatoms. The SMILES string of the molecule is COC(=O)COc1ccc(S(=O)(=O)c2ccc(OCC(C)=O)cc2)cc1. The Labute approximate surface area is 151 Å².